The maximum absolute atomic E-state index is 12.5. The van der Waals surface area contributed by atoms with Crippen LogP contribution in [0.2, 0.25) is 0 Å². The number of benzene rings is 2. The third-order valence-electron chi connectivity index (χ3n) is 3.44. The number of carbonyl (C=O) groups is 1. The van der Waals surface area contributed by atoms with E-state index in [4.69, 9.17) is 9.47 Å². The zero-order valence-electron chi connectivity index (χ0n) is 13.1. The quantitative estimate of drug-likeness (QED) is 0.885. The number of sulfonamides is 1. The zero-order valence-corrected chi connectivity index (χ0v) is 13.9. The van der Waals surface area contributed by atoms with Gasteiger partial charge < -0.3 is 14.8 Å². The van der Waals surface area contributed by atoms with Crippen molar-refractivity contribution in [3.8, 4) is 11.5 Å². The first-order chi connectivity index (χ1) is 11.3. The standard InChI is InChI=1S/C16H16N2O5S/c1-10-7-13(4-5-14(10)17-11(2)19)24(20,21)18-12-3-6-15-16(8-12)23-9-22-15/h3-8,18H,9H2,1-2H3,(H,17,19). The second-order valence-corrected chi connectivity index (χ2v) is 7.01. The van der Waals surface area contributed by atoms with Gasteiger partial charge in [0.05, 0.1) is 10.6 Å². The SMILES string of the molecule is CC(=O)Nc1ccc(S(=O)(=O)Nc2ccc3c(c2)OCO3)cc1C. The molecule has 0 aromatic heterocycles. The Kier molecular flexibility index (Phi) is 4.06. The molecule has 0 saturated heterocycles. The van der Waals surface area contributed by atoms with E-state index in [0.29, 0.717) is 28.4 Å². The highest BCUT2D eigenvalue weighted by Crippen LogP contribution is 2.35. The molecule has 0 radical (unpaired) electrons. The van der Waals surface area contributed by atoms with E-state index >= 15 is 0 Å². The van der Waals surface area contributed by atoms with Gasteiger partial charge in [-0.3, -0.25) is 9.52 Å². The number of ether oxygens (including phenoxy) is 2. The molecule has 24 heavy (non-hydrogen) atoms. The van der Waals surface area contributed by atoms with Gasteiger partial charge in [0, 0.05) is 18.7 Å². The van der Waals surface area contributed by atoms with Crippen LogP contribution in [0.15, 0.2) is 41.3 Å². The largest absolute Gasteiger partial charge is 0.454 e. The number of rotatable bonds is 4. The molecule has 0 aliphatic carbocycles. The number of nitrogens with one attached hydrogen (secondary N) is 2. The molecule has 1 amide bonds. The lowest BCUT2D eigenvalue weighted by Crippen LogP contribution is -2.14. The van der Waals surface area contributed by atoms with Crippen LogP contribution in [0.4, 0.5) is 11.4 Å². The molecule has 0 bridgehead atoms. The van der Waals surface area contributed by atoms with Crippen LogP contribution < -0.4 is 19.5 Å². The summed E-state index contributed by atoms with van der Waals surface area (Å²) >= 11 is 0. The fourth-order valence-corrected chi connectivity index (χ4v) is 3.44. The molecule has 126 valence electrons. The average Bonchev–Trinajstić information content (AvgIpc) is 2.96. The highest BCUT2D eigenvalue weighted by molar-refractivity contribution is 7.92. The van der Waals surface area contributed by atoms with E-state index in [-0.39, 0.29) is 17.6 Å². The van der Waals surface area contributed by atoms with E-state index in [1.165, 1.54) is 19.1 Å². The highest BCUT2D eigenvalue weighted by atomic mass is 32.2. The maximum Gasteiger partial charge on any atom is 0.261 e. The summed E-state index contributed by atoms with van der Waals surface area (Å²) in [6.45, 7) is 3.24. The van der Waals surface area contributed by atoms with Crippen LogP contribution in [-0.4, -0.2) is 21.1 Å². The topological polar surface area (TPSA) is 93.7 Å². The highest BCUT2D eigenvalue weighted by Gasteiger charge is 2.18. The normalized spacial score (nSPS) is 12.8. The van der Waals surface area contributed by atoms with Crippen molar-refractivity contribution in [3.63, 3.8) is 0 Å². The Morgan fingerprint density at radius 3 is 2.54 bits per heavy atom. The first kappa shape index (κ1) is 16.1. The fourth-order valence-electron chi connectivity index (χ4n) is 2.31. The maximum atomic E-state index is 12.5. The first-order valence-corrected chi connectivity index (χ1v) is 8.64. The second-order valence-electron chi connectivity index (χ2n) is 5.33. The van der Waals surface area contributed by atoms with Crippen LogP contribution in [-0.2, 0) is 14.8 Å². The number of fused-ring (bicyclic) bond motifs is 1. The smallest absolute Gasteiger partial charge is 0.261 e. The number of hydrogen-bond donors (Lipinski definition) is 2. The van der Waals surface area contributed by atoms with Crippen molar-refractivity contribution >= 4 is 27.3 Å². The van der Waals surface area contributed by atoms with E-state index in [1.54, 1.807) is 31.2 Å². The molecule has 2 aromatic carbocycles. The minimum Gasteiger partial charge on any atom is -0.454 e. The van der Waals surface area contributed by atoms with Gasteiger partial charge in [0.2, 0.25) is 12.7 Å². The summed E-state index contributed by atoms with van der Waals surface area (Å²) in [6.07, 6.45) is 0. The lowest BCUT2D eigenvalue weighted by Gasteiger charge is -2.11. The lowest BCUT2D eigenvalue weighted by molar-refractivity contribution is -0.114. The fraction of sp³-hybridized carbons (Fsp3) is 0.188. The van der Waals surface area contributed by atoms with E-state index in [1.807, 2.05) is 0 Å². The van der Waals surface area contributed by atoms with E-state index in [2.05, 4.69) is 10.0 Å². The van der Waals surface area contributed by atoms with Crippen LogP contribution in [0.5, 0.6) is 11.5 Å². The number of carbonyl (C=O) groups excluding carboxylic acids is 1. The molecule has 0 fully saturated rings. The van der Waals surface area contributed by atoms with Gasteiger partial charge in [-0.2, -0.15) is 0 Å². The van der Waals surface area contributed by atoms with E-state index < -0.39 is 10.0 Å². The summed E-state index contributed by atoms with van der Waals surface area (Å²) < 4.78 is 38.0. The van der Waals surface area contributed by atoms with Crippen molar-refractivity contribution in [2.45, 2.75) is 18.7 Å². The van der Waals surface area contributed by atoms with Crippen LogP contribution in [0, 0.1) is 6.92 Å². The van der Waals surface area contributed by atoms with Gasteiger partial charge in [0.1, 0.15) is 0 Å². The summed E-state index contributed by atoms with van der Waals surface area (Å²) in [5.74, 6) is 0.855. The molecule has 1 aliphatic heterocycles. The Labute approximate surface area is 139 Å². The van der Waals surface area contributed by atoms with Crippen molar-refractivity contribution in [2.75, 3.05) is 16.8 Å². The Hall–Kier alpha value is -2.74. The second kappa shape index (κ2) is 6.04. The van der Waals surface area contributed by atoms with Crippen LogP contribution in [0.25, 0.3) is 0 Å². The molecule has 0 saturated carbocycles. The van der Waals surface area contributed by atoms with Gasteiger partial charge in [-0.15, -0.1) is 0 Å². The number of aryl methyl sites for hydroxylation is 1. The average molecular weight is 348 g/mol. The summed E-state index contributed by atoms with van der Waals surface area (Å²) in [7, 11) is -3.76. The van der Waals surface area contributed by atoms with Gasteiger partial charge in [0.25, 0.3) is 10.0 Å². The molecule has 2 aromatic rings. The molecule has 2 N–H and O–H groups in total. The van der Waals surface area contributed by atoms with Crippen molar-refractivity contribution in [3.05, 3.63) is 42.0 Å². The van der Waals surface area contributed by atoms with Crippen LogP contribution in [0.1, 0.15) is 12.5 Å². The monoisotopic (exact) mass is 348 g/mol. The Balaban J connectivity index is 1.85. The van der Waals surface area contributed by atoms with Crippen LogP contribution in [0.3, 0.4) is 0 Å². The van der Waals surface area contributed by atoms with Gasteiger partial charge in [-0.05, 0) is 42.8 Å². The first-order valence-electron chi connectivity index (χ1n) is 7.16. The number of amides is 1. The Bertz CT molecular complexity index is 909. The van der Waals surface area contributed by atoms with Gasteiger partial charge in [0.15, 0.2) is 11.5 Å². The summed E-state index contributed by atoms with van der Waals surface area (Å²) in [5, 5.41) is 2.65. The predicted molar refractivity (Wildman–Crippen MR) is 88.9 cm³/mol. The minimum atomic E-state index is -3.76. The summed E-state index contributed by atoms with van der Waals surface area (Å²) in [5.41, 5.74) is 1.60. The van der Waals surface area contributed by atoms with Crippen molar-refractivity contribution in [2.24, 2.45) is 0 Å². The number of hydrogen-bond acceptors (Lipinski definition) is 5. The molecule has 0 atom stereocenters. The van der Waals surface area contributed by atoms with Crippen molar-refractivity contribution < 1.29 is 22.7 Å². The zero-order chi connectivity index (χ0) is 17.3. The molecule has 3 rings (SSSR count). The van der Waals surface area contributed by atoms with Gasteiger partial charge in [-0.25, -0.2) is 8.42 Å². The summed E-state index contributed by atoms with van der Waals surface area (Å²) in [6, 6.07) is 9.31. The van der Waals surface area contributed by atoms with Gasteiger partial charge in [-0.1, -0.05) is 0 Å². The third-order valence-corrected chi connectivity index (χ3v) is 4.82. The lowest BCUT2D eigenvalue weighted by atomic mass is 10.2. The summed E-state index contributed by atoms with van der Waals surface area (Å²) in [4.78, 5) is 11.2. The van der Waals surface area contributed by atoms with Crippen molar-refractivity contribution in [1.29, 1.82) is 0 Å². The molecular weight excluding hydrogens is 332 g/mol. The third kappa shape index (κ3) is 3.28. The number of anilines is 2. The van der Waals surface area contributed by atoms with Crippen molar-refractivity contribution in [1.82, 2.24) is 0 Å². The Morgan fingerprint density at radius 1 is 1.08 bits per heavy atom. The predicted octanol–water partition coefficient (Wildman–Crippen LogP) is 2.48. The van der Waals surface area contributed by atoms with E-state index in [0.717, 1.165) is 0 Å². The Morgan fingerprint density at radius 2 is 1.83 bits per heavy atom. The molecule has 8 heteroatoms. The van der Waals surface area contributed by atoms with Gasteiger partial charge >= 0.3 is 0 Å². The molecule has 1 aliphatic rings. The molecule has 0 spiro atoms. The van der Waals surface area contributed by atoms with Crippen LogP contribution >= 0.6 is 0 Å². The minimum absolute atomic E-state index is 0.103. The molecule has 7 nitrogen and oxygen atoms in total. The molecule has 1 heterocycles. The van der Waals surface area contributed by atoms with E-state index in [9.17, 15) is 13.2 Å². The molecular formula is C16H16N2O5S. The molecule has 0 unspecified atom stereocenters.